The highest BCUT2D eigenvalue weighted by Gasteiger charge is 2.11. The van der Waals surface area contributed by atoms with Gasteiger partial charge < -0.3 is 14.4 Å². The summed E-state index contributed by atoms with van der Waals surface area (Å²) in [6.45, 7) is 1.30. The summed E-state index contributed by atoms with van der Waals surface area (Å²) in [5.74, 6) is 0.865. The highest BCUT2D eigenvalue weighted by atomic mass is 19.1. The lowest BCUT2D eigenvalue weighted by Crippen LogP contribution is -2.20. The lowest BCUT2D eigenvalue weighted by atomic mass is 10.0. The maximum absolute atomic E-state index is 13.2. The largest absolute Gasteiger partial charge is 0.493 e. The standard InChI is InChI=1S/C25H24FN3O3/c1-28(2)12-13-32-23-11-9-20(15-24(23)31-3)29-16-27-22-14-18(6-10-21(22)25(29)30)17-4-7-19(26)8-5-17/h4-11,14-16H,12-13H2,1-3H3. The van der Waals surface area contributed by atoms with Gasteiger partial charge in [0, 0.05) is 12.6 Å². The molecule has 32 heavy (non-hydrogen) atoms. The summed E-state index contributed by atoms with van der Waals surface area (Å²) >= 11 is 0. The van der Waals surface area contributed by atoms with Gasteiger partial charge >= 0.3 is 0 Å². The van der Waals surface area contributed by atoms with Crippen LogP contribution >= 0.6 is 0 Å². The first-order valence-electron chi connectivity index (χ1n) is 10.2. The summed E-state index contributed by atoms with van der Waals surface area (Å²) in [6.07, 6.45) is 1.50. The number of nitrogens with zero attached hydrogens (tertiary/aromatic N) is 3. The van der Waals surface area contributed by atoms with Gasteiger partial charge in [-0.05, 0) is 61.6 Å². The lowest BCUT2D eigenvalue weighted by molar-refractivity contribution is 0.250. The molecule has 0 radical (unpaired) electrons. The Hall–Kier alpha value is -3.71. The predicted molar refractivity (Wildman–Crippen MR) is 123 cm³/mol. The molecule has 0 spiro atoms. The van der Waals surface area contributed by atoms with Crippen molar-refractivity contribution in [2.75, 3.05) is 34.4 Å². The van der Waals surface area contributed by atoms with Crippen LogP contribution in [0.15, 0.2) is 71.8 Å². The number of aromatic nitrogens is 2. The molecule has 6 nitrogen and oxygen atoms in total. The number of hydrogen-bond donors (Lipinski definition) is 0. The van der Waals surface area contributed by atoms with Gasteiger partial charge in [0.15, 0.2) is 11.5 Å². The van der Waals surface area contributed by atoms with Crippen molar-refractivity contribution in [2.45, 2.75) is 0 Å². The average Bonchev–Trinajstić information content (AvgIpc) is 2.79. The molecule has 1 heterocycles. The Kier molecular flexibility index (Phi) is 6.18. The fourth-order valence-corrected chi connectivity index (χ4v) is 3.39. The van der Waals surface area contributed by atoms with Gasteiger partial charge in [-0.15, -0.1) is 0 Å². The number of fused-ring (bicyclic) bond motifs is 1. The number of benzene rings is 3. The zero-order valence-corrected chi connectivity index (χ0v) is 18.2. The number of hydrogen-bond acceptors (Lipinski definition) is 5. The molecule has 0 amide bonds. The van der Waals surface area contributed by atoms with Gasteiger partial charge in [0.2, 0.25) is 0 Å². The summed E-state index contributed by atoms with van der Waals surface area (Å²) in [5, 5.41) is 0.489. The van der Waals surface area contributed by atoms with Crippen LogP contribution in [0.25, 0.3) is 27.7 Å². The topological polar surface area (TPSA) is 56.6 Å². The quantitative estimate of drug-likeness (QED) is 0.439. The van der Waals surface area contributed by atoms with Crippen molar-refractivity contribution < 1.29 is 13.9 Å². The molecule has 4 rings (SSSR count). The van der Waals surface area contributed by atoms with Crippen LogP contribution < -0.4 is 15.0 Å². The van der Waals surface area contributed by atoms with E-state index in [0.717, 1.165) is 17.7 Å². The smallest absolute Gasteiger partial charge is 0.265 e. The Morgan fingerprint density at radius 3 is 2.44 bits per heavy atom. The zero-order chi connectivity index (χ0) is 22.7. The number of halogens is 1. The van der Waals surface area contributed by atoms with E-state index in [1.165, 1.54) is 23.0 Å². The molecular weight excluding hydrogens is 409 g/mol. The molecule has 0 unspecified atom stereocenters. The molecule has 0 atom stereocenters. The fraction of sp³-hybridized carbons (Fsp3) is 0.200. The second-order valence-corrected chi connectivity index (χ2v) is 7.65. The SMILES string of the molecule is COc1cc(-n2cnc3cc(-c4ccc(F)cc4)ccc3c2=O)ccc1OCCN(C)C. The molecule has 0 bridgehead atoms. The Labute approximate surface area is 185 Å². The van der Waals surface area contributed by atoms with Crippen LogP contribution in [0.5, 0.6) is 11.5 Å². The molecule has 164 valence electrons. The van der Waals surface area contributed by atoms with Crippen molar-refractivity contribution in [3.63, 3.8) is 0 Å². The van der Waals surface area contributed by atoms with E-state index < -0.39 is 0 Å². The van der Waals surface area contributed by atoms with E-state index in [0.29, 0.717) is 34.7 Å². The lowest BCUT2D eigenvalue weighted by Gasteiger charge is -2.15. The molecule has 0 aliphatic heterocycles. The van der Waals surface area contributed by atoms with Crippen LogP contribution in [0.1, 0.15) is 0 Å². The molecule has 1 aromatic heterocycles. The minimum atomic E-state index is -0.292. The summed E-state index contributed by atoms with van der Waals surface area (Å²) < 4.78 is 26.0. The molecule has 4 aromatic rings. The third kappa shape index (κ3) is 4.48. The molecular formula is C25H24FN3O3. The van der Waals surface area contributed by atoms with Crippen molar-refractivity contribution >= 4 is 10.9 Å². The minimum Gasteiger partial charge on any atom is -0.493 e. The first-order chi connectivity index (χ1) is 15.5. The van der Waals surface area contributed by atoms with Crippen molar-refractivity contribution in [3.8, 4) is 28.3 Å². The monoisotopic (exact) mass is 433 g/mol. The first kappa shape index (κ1) is 21.5. The number of likely N-dealkylation sites (N-methyl/N-ethyl adjacent to an activating group) is 1. The van der Waals surface area contributed by atoms with Crippen LogP contribution in [0, 0.1) is 5.82 Å². The molecule has 3 aromatic carbocycles. The second-order valence-electron chi connectivity index (χ2n) is 7.65. The van der Waals surface area contributed by atoms with Gasteiger partial charge in [-0.2, -0.15) is 0 Å². The van der Waals surface area contributed by atoms with Crippen molar-refractivity contribution in [2.24, 2.45) is 0 Å². The van der Waals surface area contributed by atoms with Crippen LogP contribution in [0.3, 0.4) is 0 Å². The Morgan fingerprint density at radius 2 is 1.72 bits per heavy atom. The van der Waals surface area contributed by atoms with Crippen molar-refractivity contribution in [3.05, 3.63) is 83.2 Å². The normalized spacial score (nSPS) is 11.2. The van der Waals surface area contributed by atoms with E-state index in [1.807, 2.05) is 31.1 Å². The van der Waals surface area contributed by atoms with E-state index in [-0.39, 0.29) is 11.4 Å². The Bertz CT molecular complexity index is 1300. The molecule has 0 saturated carbocycles. The predicted octanol–water partition coefficient (Wildman–Crippen LogP) is 4.14. The molecule has 0 N–H and O–H groups in total. The Balaban J connectivity index is 1.67. The van der Waals surface area contributed by atoms with Crippen LogP contribution in [-0.2, 0) is 0 Å². The van der Waals surface area contributed by atoms with E-state index >= 15 is 0 Å². The van der Waals surface area contributed by atoms with Gasteiger partial charge in [0.25, 0.3) is 5.56 Å². The zero-order valence-electron chi connectivity index (χ0n) is 18.2. The van der Waals surface area contributed by atoms with Crippen LogP contribution in [-0.4, -0.2) is 48.8 Å². The van der Waals surface area contributed by atoms with Crippen LogP contribution in [0.4, 0.5) is 4.39 Å². The van der Waals surface area contributed by atoms with Gasteiger partial charge in [0.05, 0.1) is 23.7 Å². The van der Waals surface area contributed by atoms with Crippen LogP contribution in [0.2, 0.25) is 0 Å². The number of rotatable bonds is 7. The highest BCUT2D eigenvalue weighted by molar-refractivity contribution is 5.83. The van der Waals surface area contributed by atoms with E-state index in [9.17, 15) is 9.18 Å². The minimum absolute atomic E-state index is 0.191. The fourth-order valence-electron chi connectivity index (χ4n) is 3.39. The number of ether oxygens (including phenoxy) is 2. The maximum atomic E-state index is 13.2. The van der Waals surface area contributed by atoms with Gasteiger partial charge in [-0.3, -0.25) is 9.36 Å². The molecule has 0 aliphatic rings. The molecule has 0 saturated heterocycles. The maximum Gasteiger partial charge on any atom is 0.265 e. The summed E-state index contributed by atoms with van der Waals surface area (Å²) in [7, 11) is 5.52. The van der Waals surface area contributed by atoms with Gasteiger partial charge in [0.1, 0.15) is 18.8 Å². The van der Waals surface area contributed by atoms with Crippen molar-refractivity contribution in [1.29, 1.82) is 0 Å². The van der Waals surface area contributed by atoms with E-state index in [4.69, 9.17) is 9.47 Å². The second kappa shape index (κ2) is 9.20. The summed E-state index contributed by atoms with van der Waals surface area (Å²) in [4.78, 5) is 19.7. The van der Waals surface area contributed by atoms with E-state index in [1.54, 1.807) is 43.5 Å². The van der Waals surface area contributed by atoms with Gasteiger partial charge in [-0.25, -0.2) is 9.37 Å². The van der Waals surface area contributed by atoms with Gasteiger partial charge in [-0.1, -0.05) is 18.2 Å². The molecule has 0 fully saturated rings. The summed E-state index contributed by atoms with van der Waals surface area (Å²) in [6, 6.07) is 17.0. The Morgan fingerprint density at radius 1 is 0.969 bits per heavy atom. The average molecular weight is 433 g/mol. The molecule has 7 heteroatoms. The van der Waals surface area contributed by atoms with Crippen molar-refractivity contribution in [1.82, 2.24) is 14.5 Å². The summed E-state index contributed by atoms with van der Waals surface area (Å²) in [5.41, 5.74) is 2.73. The molecule has 0 aliphatic carbocycles. The number of methoxy groups -OCH3 is 1. The highest BCUT2D eigenvalue weighted by Crippen LogP contribution is 2.29. The first-order valence-corrected chi connectivity index (χ1v) is 10.2. The van der Waals surface area contributed by atoms with E-state index in [2.05, 4.69) is 4.98 Å². The third-order valence-electron chi connectivity index (χ3n) is 5.16. The third-order valence-corrected chi connectivity index (χ3v) is 5.16.